The van der Waals surface area contributed by atoms with Crippen LogP contribution < -0.4 is 5.32 Å². The van der Waals surface area contributed by atoms with Crippen LogP contribution in [0.25, 0.3) is 0 Å². The van der Waals surface area contributed by atoms with Crippen molar-refractivity contribution in [2.24, 2.45) is 0 Å². The van der Waals surface area contributed by atoms with Gasteiger partial charge >= 0.3 is 0 Å². The molecule has 0 bridgehead atoms. The molecule has 1 N–H and O–H groups in total. The molecule has 108 valence electrons. The summed E-state index contributed by atoms with van der Waals surface area (Å²) in [7, 11) is 0. The van der Waals surface area contributed by atoms with Crippen LogP contribution in [-0.2, 0) is 5.75 Å². The molecule has 1 heterocycles. The molecule has 0 aliphatic rings. The van der Waals surface area contributed by atoms with Crippen LogP contribution in [0.3, 0.4) is 0 Å². The molecule has 2 rings (SSSR count). The molecule has 0 saturated carbocycles. The molecule has 0 aliphatic heterocycles. The number of nitrogens with one attached hydrogen (secondary N) is 1. The lowest BCUT2D eigenvalue weighted by Gasteiger charge is -2.12. The van der Waals surface area contributed by atoms with Crippen LogP contribution in [0.5, 0.6) is 0 Å². The predicted molar refractivity (Wildman–Crippen MR) is 92.8 cm³/mol. The highest BCUT2D eigenvalue weighted by molar-refractivity contribution is 7.98. The summed E-state index contributed by atoms with van der Waals surface area (Å²) in [5.74, 6) is 2.26. The molecule has 20 heavy (non-hydrogen) atoms. The normalized spacial score (nSPS) is 12.6. The van der Waals surface area contributed by atoms with Crippen molar-refractivity contribution in [3.05, 3.63) is 57.3 Å². The summed E-state index contributed by atoms with van der Waals surface area (Å²) in [6.45, 7) is 7.64. The van der Waals surface area contributed by atoms with Crippen molar-refractivity contribution >= 4 is 23.1 Å². The second-order valence-corrected chi connectivity index (χ2v) is 7.32. The Morgan fingerprint density at radius 1 is 1.20 bits per heavy atom. The smallest absolute Gasteiger partial charge is 0.0386 e. The lowest BCUT2D eigenvalue weighted by Crippen LogP contribution is -2.20. The maximum absolute atomic E-state index is 3.58. The molecular weight excluding hydrogens is 282 g/mol. The van der Waals surface area contributed by atoms with Crippen LogP contribution in [0.2, 0.25) is 0 Å². The van der Waals surface area contributed by atoms with Gasteiger partial charge < -0.3 is 5.32 Å². The van der Waals surface area contributed by atoms with E-state index in [1.54, 1.807) is 0 Å². The molecule has 0 fully saturated rings. The zero-order chi connectivity index (χ0) is 14.4. The molecule has 1 aromatic heterocycles. The van der Waals surface area contributed by atoms with E-state index in [4.69, 9.17) is 0 Å². The zero-order valence-corrected chi connectivity index (χ0v) is 14.1. The van der Waals surface area contributed by atoms with E-state index in [1.807, 2.05) is 23.1 Å². The van der Waals surface area contributed by atoms with E-state index in [-0.39, 0.29) is 0 Å². The molecule has 3 heteroatoms. The van der Waals surface area contributed by atoms with Crippen molar-refractivity contribution in [3.63, 3.8) is 0 Å². The van der Waals surface area contributed by atoms with Crippen molar-refractivity contribution in [1.29, 1.82) is 0 Å². The molecule has 0 radical (unpaired) electrons. The average molecular weight is 306 g/mol. The molecule has 1 atom stereocenters. The van der Waals surface area contributed by atoms with Crippen LogP contribution in [0.4, 0.5) is 0 Å². The predicted octanol–water partition coefficient (Wildman–Crippen LogP) is 4.95. The summed E-state index contributed by atoms with van der Waals surface area (Å²) in [5, 5.41) is 5.72. The highest BCUT2D eigenvalue weighted by atomic mass is 32.2. The van der Waals surface area contributed by atoms with Crippen molar-refractivity contribution in [2.75, 3.05) is 12.3 Å². The number of aryl methyl sites for hydroxylation is 2. The Hall–Kier alpha value is -0.770. The number of hydrogen-bond donors (Lipinski definition) is 1. The third kappa shape index (κ3) is 4.97. The van der Waals surface area contributed by atoms with Crippen LogP contribution in [0, 0.1) is 13.8 Å². The third-order valence-corrected chi connectivity index (χ3v) is 5.30. The Morgan fingerprint density at radius 2 is 1.95 bits per heavy atom. The Morgan fingerprint density at radius 3 is 2.60 bits per heavy atom. The van der Waals surface area contributed by atoms with Gasteiger partial charge in [-0.3, -0.25) is 0 Å². The van der Waals surface area contributed by atoms with Crippen LogP contribution in [0.1, 0.15) is 34.5 Å². The van der Waals surface area contributed by atoms with E-state index in [2.05, 4.69) is 61.8 Å². The minimum absolute atomic E-state index is 0.469. The number of thiophene rings is 1. The summed E-state index contributed by atoms with van der Waals surface area (Å²) >= 11 is 3.83. The van der Waals surface area contributed by atoms with Crippen LogP contribution in [0.15, 0.2) is 35.7 Å². The van der Waals surface area contributed by atoms with Crippen molar-refractivity contribution in [1.82, 2.24) is 5.32 Å². The summed E-state index contributed by atoms with van der Waals surface area (Å²) in [6.07, 6.45) is 0. The van der Waals surface area contributed by atoms with E-state index in [1.165, 1.54) is 21.6 Å². The lowest BCUT2D eigenvalue weighted by molar-refractivity contribution is 0.610. The fourth-order valence-corrected chi connectivity index (χ4v) is 3.90. The minimum atomic E-state index is 0.469. The first kappa shape index (κ1) is 15.6. The molecular formula is C17H23NS2. The number of thioether (sulfide) groups is 1. The molecule has 2 aromatic rings. The molecule has 1 aromatic carbocycles. The second-order valence-electron chi connectivity index (χ2n) is 5.24. The maximum Gasteiger partial charge on any atom is 0.0386 e. The first-order valence-corrected chi connectivity index (χ1v) is 9.10. The van der Waals surface area contributed by atoms with E-state index >= 15 is 0 Å². The largest absolute Gasteiger partial charge is 0.309 e. The topological polar surface area (TPSA) is 12.0 Å². The third-order valence-electron chi connectivity index (χ3n) is 3.22. The van der Waals surface area contributed by atoms with Gasteiger partial charge in [-0.1, -0.05) is 35.4 Å². The maximum atomic E-state index is 3.58. The van der Waals surface area contributed by atoms with E-state index in [0.717, 1.165) is 18.1 Å². The van der Waals surface area contributed by atoms with Gasteiger partial charge in [0.2, 0.25) is 0 Å². The van der Waals surface area contributed by atoms with Gasteiger partial charge in [0, 0.05) is 29.0 Å². The molecule has 0 spiro atoms. The van der Waals surface area contributed by atoms with Crippen molar-refractivity contribution in [3.8, 4) is 0 Å². The number of benzene rings is 1. The molecule has 0 aliphatic carbocycles. The van der Waals surface area contributed by atoms with Gasteiger partial charge in [-0.2, -0.15) is 11.8 Å². The fourth-order valence-electron chi connectivity index (χ4n) is 2.33. The minimum Gasteiger partial charge on any atom is -0.309 e. The van der Waals surface area contributed by atoms with Gasteiger partial charge in [0.05, 0.1) is 0 Å². The number of hydrogen-bond acceptors (Lipinski definition) is 3. The number of rotatable bonds is 7. The summed E-state index contributed by atoms with van der Waals surface area (Å²) < 4.78 is 0. The van der Waals surface area contributed by atoms with Gasteiger partial charge in [0.15, 0.2) is 0 Å². The highest BCUT2D eigenvalue weighted by Gasteiger charge is 2.04. The van der Waals surface area contributed by atoms with E-state index < -0.39 is 0 Å². The SMILES string of the molecule is Cc1cc(C)cc(CSCCNC(C)c2cccs2)c1. The van der Waals surface area contributed by atoms with Gasteiger partial charge in [0.1, 0.15) is 0 Å². The summed E-state index contributed by atoms with van der Waals surface area (Å²) in [4.78, 5) is 1.42. The highest BCUT2D eigenvalue weighted by Crippen LogP contribution is 2.19. The van der Waals surface area contributed by atoms with Crippen LogP contribution >= 0.6 is 23.1 Å². The molecule has 1 nitrogen and oxygen atoms in total. The lowest BCUT2D eigenvalue weighted by atomic mass is 10.1. The quantitative estimate of drug-likeness (QED) is 0.726. The molecule has 0 amide bonds. The first-order chi connectivity index (χ1) is 9.65. The van der Waals surface area contributed by atoms with E-state index in [9.17, 15) is 0 Å². The van der Waals surface area contributed by atoms with Gasteiger partial charge in [-0.05, 0) is 37.8 Å². The molecule has 0 saturated heterocycles. The summed E-state index contributed by atoms with van der Waals surface area (Å²) in [6, 6.07) is 11.6. The Kier molecular flexibility index (Phi) is 6.14. The molecule has 1 unspecified atom stereocenters. The Bertz CT molecular complexity index is 500. The average Bonchev–Trinajstić information content (AvgIpc) is 2.90. The standard InChI is InChI=1S/C17H23NS2/c1-13-9-14(2)11-16(10-13)12-19-8-6-18-15(3)17-5-4-7-20-17/h4-5,7,9-11,15,18H,6,8,12H2,1-3H3. The monoisotopic (exact) mass is 305 g/mol. The van der Waals surface area contributed by atoms with E-state index in [0.29, 0.717) is 6.04 Å². The Balaban J connectivity index is 1.66. The summed E-state index contributed by atoms with van der Waals surface area (Å²) in [5.41, 5.74) is 4.17. The zero-order valence-electron chi connectivity index (χ0n) is 12.5. The second kappa shape index (κ2) is 7.87. The van der Waals surface area contributed by atoms with Gasteiger partial charge in [-0.15, -0.1) is 11.3 Å². The van der Waals surface area contributed by atoms with Gasteiger partial charge in [0.25, 0.3) is 0 Å². The Labute approximate surface area is 130 Å². The first-order valence-electron chi connectivity index (χ1n) is 7.07. The van der Waals surface area contributed by atoms with Gasteiger partial charge in [-0.25, -0.2) is 0 Å². The van der Waals surface area contributed by atoms with Crippen molar-refractivity contribution < 1.29 is 0 Å². The fraction of sp³-hybridized carbons (Fsp3) is 0.412. The van der Waals surface area contributed by atoms with Crippen molar-refractivity contribution in [2.45, 2.75) is 32.6 Å². The van der Waals surface area contributed by atoms with Crippen LogP contribution in [-0.4, -0.2) is 12.3 Å².